The molecule has 2 aromatic rings. The summed E-state index contributed by atoms with van der Waals surface area (Å²) in [6, 6.07) is 11.3. The van der Waals surface area contributed by atoms with Crippen LogP contribution in [0.25, 0.3) is 0 Å². The van der Waals surface area contributed by atoms with Gasteiger partial charge in [0.25, 0.3) is 5.91 Å². The molecule has 1 amide bonds. The molecule has 0 radical (unpaired) electrons. The van der Waals surface area contributed by atoms with Crippen LogP contribution in [0.4, 0.5) is 4.39 Å². The van der Waals surface area contributed by atoms with Crippen molar-refractivity contribution in [1.29, 1.82) is 5.26 Å². The lowest BCUT2D eigenvalue weighted by atomic mass is 10.1. The van der Waals surface area contributed by atoms with Crippen LogP contribution in [0.1, 0.15) is 27.0 Å². The van der Waals surface area contributed by atoms with E-state index in [1.54, 1.807) is 12.1 Å². The average Bonchev–Trinajstić information content (AvgIpc) is 2.48. The number of amides is 1. The topological polar surface area (TPSA) is 52.9 Å². The van der Waals surface area contributed by atoms with Crippen molar-refractivity contribution in [2.24, 2.45) is 0 Å². The van der Waals surface area contributed by atoms with Crippen molar-refractivity contribution in [3.05, 3.63) is 68.9 Å². The molecular weight excluding hydrogens is 335 g/mol. The van der Waals surface area contributed by atoms with Crippen molar-refractivity contribution in [2.45, 2.75) is 13.5 Å². The highest BCUT2D eigenvalue weighted by Gasteiger charge is 2.09. The Balaban J connectivity index is 2.07. The van der Waals surface area contributed by atoms with Gasteiger partial charge in [-0.2, -0.15) is 5.26 Å². The van der Waals surface area contributed by atoms with E-state index in [4.69, 9.17) is 5.26 Å². The summed E-state index contributed by atoms with van der Waals surface area (Å²) in [6.45, 7) is 2.00. The van der Waals surface area contributed by atoms with Crippen molar-refractivity contribution < 1.29 is 9.18 Å². The van der Waals surface area contributed by atoms with Crippen molar-refractivity contribution in [3.63, 3.8) is 0 Å². The first-order chi connectivity index (χ1) is 10.0. The third kappa shape index (κ3) is 3.67. The molecule has 21 heavy (non-hydrogen) atoms. The van der Waals surface area contributed by atoms with E-state index in [1.807, 2.05) is 19.1 Å². The zero-order valence-electron chi connectivity index (χ0n) is 11.3. The van der Waals surface area contributed by atoms with Gasteiger partial charge in [0, 0.05) is 22.1 Å². The van der Waals surface area contributed by atoms with Gasteiger partial charge in [0.15, 0.2) is 0 Å². The highest BCUT2D eigenvalue weighted by molar-refractivity contribution is 9.10. The van der Waals surface area contributed by atoms with E-state index in [2.05, 4.69) is 21.2 Å². The van der Waals surface area contributed by atoms with Gasteiger partial charge in [-0.3, -0.25) is 4.79 Å². The molecule has 0 aliphatic heterocycles. The Kier molecular flexibility index (Phi) is 4.71. The Morgan fingerprint density at radius 2 is 2.10 bits per heavy atom. The number of rotatable bonds is 3. The molecule has 0 heterocycles. The first kappa shape index (κ1) is 15.2. The van der Waals surface area contributed by atoms with Gasteiger partial charge in [-0.25, -0.2) is 4.39 Å². The number of halogens is 2. The lowest BCUT2D eigenvalue weighted by Crippen LogP contribution is -2.23. The highest BCUT2D eigenvalue weighted by atomic mass is 79.9. The first-order valence-electron chi connectivity index (χ1n) is 6.24. The second-order valence-electron chi connectivity index (χ2n) is 4.56. The summed E-state index contributed by atoms with van der Waals surface area (Å²) in [5.74, 6) is -0.779. The minimum absolute atomic E-state index is 0.0713. The second kappa shape index (κ2) is 6.51. The predicted molar refractivity (Wildman–Crippen MR) is 81.2 cm³/mol. The van der Waals surface area contributed by atoms with Crippen LogP contribution in [-0.2, 0) is 6.54 Å². The fraction of sp³-hybridized carbons (Fsp3) is 0.125. The summed E-state index contributed by atoms with van der Waals surface area (Å²) in [6.07, 6.45) is 0. The molecule has 2 aromatic carbocycles. The zero-order valence-corrected chi connectivity index (χ0v) is 12.9. The molecule has 5 heteroatoms. The fourth-order valence-electron chi connectivity index (χ4n) is 1.77. The molecule has 0 unspecified atom stereocenters. The van der Waals surface area contributed by atoms with E-state index in [1.165, 1.54) is 12.1 Å². The lowest BCUT2D eigenvalue weighted by molar-refractivity contribution is 0.0950. The largest absolute Gasteiger partial charge is 0.348 e. The monoisotopic (exact) mass is 346 g/mol. The maximum Gasteiger partial charge on any atom is 0.251 e. The van der Waals surface area contributed by atoms with Crippen molar-refractivity contribution in [3.8, 4) is 6.07 Å². The van der Waals surface area contributed by atoms with Crippen LogP contribution >= 0.6 is 15.9 Å². The third-order valence-corrected chi connectivity index (χ3v) is 3.91. The van der Waals surface area contributed by atoms with Crippen LogP contribution in [0.15, 0.2) is 40.9 Å². The summed E-state index contributed by atoms with van der Waals surface area (Å²) in [4.78, 5) is 12.0. The number of nitrogens with zero attached hydrogens (tertiary/aromatic N) is 1. The Morgan fingerprint density at radius 1 is 1.33 bits per heavy atom. The lowest BCUT2D eigenvalue weighted by Gasteiger charge is -2.08. The predicted octanol–water partition coefficient (Wildman–Crippen LogP) is 3.70. The molecule has 0 spiro atoms. The van der Waals surface area contributed by atoms with Crippen molar-refractivity contribution in [1.82, 2.24) is 5.32 Å². The Hall–Kier alpha value is -2.19. The number of hydrogen-bond donors (Lipinski definition) is 1. The first-order valence-corrected chi connectivity index (χ1v) is 7.03. The number of benzene rings is 2. The number of carbonyl (C=O) groups is 1. The standard InChI is InChI=1S/C16H12BrFN2O/c1-10-2-4-12(7-14(10)17)16(21)20-9-13-5-3-11(8-19)6-15(13)18/h2-7H,9H2,1H3,(H,20,21). The van der Waals surface area contributed by atoms with Crippen molar-refractivity contribution in [2.75, 3.05) is 0 Å². The minimum atomic E-state index is -0.501. The number of carbonyl (C=O) groups excluding carboxylic acids is 1. The van der Waals surface area contributed by atoms with Crippen LogP contribution in [0.5, 0.6) is 0 Å². The van der Waals surface area contributed by atoms with Crippen LogP contribution < -0.4 is 5.32 Å². The molecule has 0 fully saturated rings. The molecule has 0 aliphatic rings. The van der Waals surface area contributed by atoms with E-state index in [0.29, 0.717) is 11.1 Å². The average molecular weight is 347 g/mol. The molecule has 106 valence electrons. The maximum atomic E-state index is 13.7. The third-order valence-electron chi connectivity index (χ3n) is 3.06. The summed E-state index contributed by atoms with van der Waals surface area (Å²) in [5, 5.41) is 11.3. The molecule has 0 atom stereocenters. The summed E-state index contributed by atoms with van der Waals surface area (Å²) >= 11 is 3.37. The van der Waals surface area contributed by atoms with Gasteiger partial charge in [-0.15, -0.1) is 0 Å². The molecule has 1 N–H and O–H groups in total. The van der Waals surface area contributed by atoms with Gasteiger partial charge < -0.3 is 5.32 Å². The second-order valence-corrected chi connectivity index (χ2v) is 5.42. The van der Waals surface area contributed by atoms with Crippen molar-refractivity contribution >= 4 is 21.8 Å². The smallest absolute Gasteiger partial charge is 0.251 e. The molecule has 0 aromatic heterocycles. The van der Waals surface area contributed by atoms with Gasteiger partial charge in [0.1, 0.15) is 5.82 Å². The van der Waals surface area contributed by atoms with E-state index in [-0.39, 0.29) is 18.0 Å². The molecule has 2 rings (SSSR count). The van der Waals surface area contributed by atoms with Crippen LogP contribution in [-0.4, -0.2) is 5.91 Å². The maximum absolute atomic E-state index is 13.7. The summed E-state index contributed by atoms with van der Waals surface area (Å²) in [5.41, 5.74) is 2.13. The van der Waals surface area contributed by atoms with Gasteiger partial charge in [0.05, 0.1) is 11.6 Å². The molecule has 0 saturated heterocycles. The van der Waals surface area contributed by atoms with Crippen LogP contribution in [0.2, 0.25) is 0 Å². The Bertz CT molecular complexity index is 738. The SMILES string of the molecule is Cc1ccc(C(=O)NCc2ccc(C#N)cc2F)cc1Br. The molecular formula is C16H12BrFN2O. The fourth-order valence-corrected chi connectivity index (χ4v) is 2.15. The number of hydrogen-bond acceptors (Lipinski definition) is 2. The highest BCUT2D eigenvalue weighted by Crippen LogP contribution is 2.17. The number of nitrogens with one attached hydrogen (secondary N) is 1. The van der Waals surface area contributed by atoms with E-state index in [9.17, 15) is 9.18 Å². The van der Waals surface area contributed by atoms with E-state index < -0.39 is 5.82 Å². The van der Waals surface area contributed by atoms with E-state index >= 15 is 0 Å². The number of aryl methyl sites for hydroxylation is 1. The van der Waals surface area contributed by atoms with Gasteiger partial charge in [-0.05, 0) is 36.8 Å². The molecule has 0 saturated carbocycles. The summed E-state index contributed by atoms with van der Waals surface area (Å²) < 4.78 is 14.5. The van der Waals surface area contributed by atoms with E-state index in [0.717, 1.165) is 16.1 Å². The summed E-state index contributed by atoms with van der Waals surface area (Å²) in [7, 11) is 0. The Morgan fingerprint density at radius 3 is 2.71 bits per heavy atom. The van der Waals surface area contributed by atoms with Crippen LogP contribution in [0.3, 0.4) is 0 Å². The Labute approximate surface area is 130 Å². The van der Waals surface area contributed by atoms with Gasteiger partial charge >= 0.3 is 0 Å². The van der Waals surface area contributed by atoms with Gasteiger partial charge in [-0.1, -0.05) is 28.1 Å². The molecule has 0 bridgehead atoms. The molecule has 0 aliphatic carbocycles. The molecule has 3 nitrogen and oxygen atoms in total. The minimum Gasteiger partial charge on any atom is -0.348 e. The van der Waals surface area contributed by atoms with Crippen LogP contribution in [0, 0.1) is 24.1 Å². The quantitative estimate of drug-likeness (QED) is 0.921. The number of nitriles is 1. The normalized spacial score (nSPS) is 10.0. The van der Waals surface area contributed by atoms with Gasteiger partial charge in [0.2, 0.25) is 0 Å². The zero-order chi connectivity index (χ0) is 15.4.